The zero-order chi connectivity index (χ0) is 17.0. The standard InChI is InChI=1S/C13H19N3O6S/c1-16-6-12(14-8-16)23(19,20)15-10-4-3-9(5-13(18)21-2)22-11(10)7-17/h3-4,6,8-11,15,17H,5,7H2,1-2H3/t9-,10+,11-/m1/s1. The Labute approximate surface area is 134 Å². The first-order valence-corrected chi connectivity index (χ1v) is 8.36. The SMILES string of the molecule is COC(=O)C[C@H]1C=C[C@H](NS(=O)(=O)c2cn(C)cn2)[C@@H](CO)O1. The molecule has 0 amide bonds. The van der Waals surface area contributed by atoms with E-state index in [-0.39, 0.29) is 11.4 Å². The molecule has 0 saturated heterocycles. The van der Waals surface area contributed by atoms with Gasteiger partial charge in [0, 0.05) is 13.2 Å². The lowest BCUT2D eigenvalue weighted by Crippen LogP contribution is -2.48. The van der Waals surface area contributed by atoms with E-state index in [0.29, 0.717) is 0 Å². The largest absolute Gasteiger partial charge is 0.469 e. The maximum atomic E-state index is 12.2. The van der Waals surface area contributed by atoms with Crippen molar-refractivity contribution in [2.45, 2.75) is 29.7 Å². The van der Waals surface area contributed by atoms with E-state index in [0.717, 1.165) is 0 Å². The Morgan fingerprint density at radius 3 is 2.83 bits per heavy atom. The predicted molar refractivity (Wildman–Crippen MR) is 78.8 cm³/mol. The Kier molecular flexibility index (Phi) is 5.52. The fraction of sp³-hybridized carbons (Fsp3) is 0.538. The van der Waals surface area contributed by atoms with Gasteiger partial charge in [0.25, 0.3) is 10.0 Å². The number of hydrogen-bond acceptors (Lipinski definition) is 7. The number of aliphatic hydroxyl groups is 1. The summed E-state index contributed by atoms with van der Waals surface area (Å²) in [7, 11) is -0.921. The van der Waals surface area contributed by atoms with Gasteiger partial charge in [-0.05, 0) is 0 Å². The second kappa shape index (κ2) is 7.21. The fourth-order valence-electron chi connectivity index (χ4n) is 2.12. The summed E-state index contributed by atoms with van der Waals surface area (Å²) in [6.45, 7) is -0.405. The summed E-state index contributed by atoms with van der Waals surface area (Å²) in [6.07, 6.45) is 4.46. The lowest BCUT2D eigenvalue weighted by Gasteiger charge is -2.31. The Hall–Kier alpha value is -1.75. The highest BCUT2D eigenvalue weighted by Crippen LogP contribution is 2.18. The van der Waals surface area contributed by atoms with E-state index < -0.39 is 40.8 Å². The molecule has 3 atom stereocenters. The lowest BCUT2D eigenvalue weighted by atomic mass is 10.1. The maximum Gasteiger partial charge on any atom is 0.308 e. The number of imidazole rings is 1. The van der Waals surface area contributed by atoms with Crippen molar-refractivity contribution < 1.29 is 27.8 Å². The highest BCUT2D eigenvalue weighted by atomic mass is 32.2. The average Bonchev–Trinajstić information content (AvgIpc) is 2.96. The van der Waals surface area contributed by atoms with Crippen LogP contribution >= 0.6 is 0 Å². The van der Waals surface area contributed by atoms with Crippen molar-refractivity contribution in [3.05, 3.63) is 24.7 Å². The van der Waals surface area contributed by atoms with Crippen molar-refractivity contribution in [1.29, 1.82) is 0 Å². The summed E-state index contributed by atoms with van der Waals surface area (Å²) in [5.74, 6) is -0.455. The monoisotopic (exact) mass is 345 g/mol. The molecular weight excluding hydrogens is 326 g/mol. The number of nitrogens with zero attached hydrogens (tertiary/aromatic N) is 2. The molecule has 1 aliphatic heterocycles. The van der Waals surface area contributed by atoms with Gasteiger partial charge in [0.15, 0.2) is 5.03 Å². The van der Waals surface area contributed by atoms with Crippen LogP contribution in [0.3, 0.4) is 0 Å². The molecule has 128 valence electrons. The predicted octanol–water partition coefficient (Wildman–Crippen LogP) is -1.05. The van der Waals surface area contributed by atoms with E-state index in [2.05, 4.69) is 14.4 Å². The molecule has 1 aromatic rings. The van der Waals surface area contributed by atoms with Gasteiger partial charge in [0.1, 0.15) is 6.10 Å². The van der Waals surface area contributed by atoms with Gasteiger partial charge < -0.3 is 19.1 Å². The van der Waals surface area contributed by atoms with E-state index in [1.807, 2.05) is 0 Å². The van der Waals surface area contributed by atoms with E-state index in [1.165, 1.54) is 24.2 Å². The van der Waals surface area contributed by atoms with Gasteiger partial charge in [-0.25, -0.2) is 18.1 Å². The molecule has 9 nitrogen and oxygen atoms in total. The van der Waals surface area contributed by atoms with Crippen LogP contribution in [-0.2, 0) is 31.3 Å². The molecule has 0 fully saturated rings. The number of ether oxygens (including phenoxy) is 2. The molecule has 0 bridgehead atoms. The number of sulfonamides is 1. The summed E-state index contributed by atoms with van der Waals surface area (Å²) < 4.78 is 38.5. The number of aliphatic hydroxyl groups excluding tert-OH is 1. The number of carbonyl (C=O) groups excluding carboxylic acids is 1. The topological polar surface area (TPSA) is 120 Å². The van der Waals surface area contributed by atoms with Crippen molar-refractivity contribution >= 4 is 16.0 Å². The van der Waals surface area contributed by atoms with Crippen LogP contribution in [0.25, 0.3) is 0 Å². The number of methoxy groups -OCH3 is 1. The number of nitrogens with one attached hydrogen (secondary N) is 1. The van der Waals surface area contributed by atoms with Crippen molar-refractivity contribution in [2.24, 2.45) is 7.05 Å². The van der Waals surface area contributed by atoms with E-state index >= 15 is 0 Å². The van der Waals surface area contributed by atoms with Gasteiger partial charge in [-0.15, -0.1) is 0 Å². The summed E-state index contributed by atoms with van der Waals surface area (Å²) >= 11 is 0. The quantitative estimate of drug-likeness (QED) is 0.498. The Morgan fingerprint density at radius 2 is 2.26 bits per heavy atom. The van der Waals surface area contributed by atoms with Crippen molar-refractivity contribution in [1.82, 2.24) is 14.3 Å². The number of aryl methyl sites for hydroxylation is 1. The zero-order valence-electron chi connectivity index (χ0n) is 12.7. The molecule has 10 heteroatoms. The fourth-order valence-corrected chi connectivity index (χ4v) is 3.33. The summed E-state index contributed by atoms with van der Waals surface area (Å²) in [4.78, 5) is 15.0. The summed E-state index contributed by atoms with van der Waals surface area (Å²) in [5.41, 5.74) is 0. The smallest absolute Gasteiger partial charge is 0.308 e. The van der Waals surface area contributed by atoms with Crippen LogP contribution in [0.1, 0.15) is 6.42 Å². The van der Waals surface area contributed by atoms with Crippen molar-refractivity contribution in [3.8, 4) is 0 Å². The molecule has 0 aliphatic carbocycles. The van der Waals surface area contributed by atoms with Crippen LogP contribution in [0.15, 0.2) is 29.7 Å². The molecule has 0 spiro atoms. The maximum absolute atomic E-state index is 12.2. The average molecular weight is 345 g/mol. The summed E-state index contributed by atoms with van der Waals surface area (Å²) in [5, 5.41) is 9.29. The van der Waals surface area contributed by atoms with Crippen LogP contribution in [0, 0.1) is 0 Å². The molecule has 1 aliphatic rings. The van der Waals surface area contributed by atoms with Crippen LogP contribution in [0.2, 0.25) is 0 Å². The van der Waals surface area contributed by atoms with Crippen LogP contribution in [0.4, 0.5) is 0 Å². The molecule has 2 rings (SSSR count). The molecule has 0 saturated carbocycles. The van der Waals surface area contributed by atoms with E-state index in [9.17, 15) is 18.3 Å². The first-order valence-electron chi connectivity index (χ1n) is 6.87. The first kappa shape index (κ1) is 17.6. The first-order chi connectivity index (χ1) is 10.9. The van der Waals surface area contributed by atoms with Crippen LogP contribution < -0.4 is 4.72 Å². The normalized spacial score (nSPS) is 24.6. The molecule has 0 unspecified atom stereocenters. The van der Waals surface area contributed by atoms with Gasteiger partial charge >= 0.3 is 5.97 Å². The molecule has 23 heavy (non-hydrogen) atoms. The molecule has 2 heterocycles. The van der Waals surface area contributed by atoms with Crippen LogP contribution in [0.5, 0.6) is 0 Å². The number of carbonyl (C=O) groups is 1. The third-order valence-electron chi connectivity index (χ3n) is 3.31. The molecule has 0 radical (unpaired) electrons. The second-order valence-electron chi connectivity index (χ2n) is 5.09. The number of rotatable bonds is 6. The second-order valence-corrected chi connectivity index (χ2v) is 6.75. The summed E-state index contributed by atoms with van der Waals surface area (Å²) in [6, 6.07) is -0.763. The minimum absolute atomic E-state index is 0.0107. The number of aromatic nitrogens is 2. The van der Waals surface area contributed by atoms with Gasteiger partial charge in [-0.3, -0.25) is 4.79 Å². The third-order valence-corrected chi connectivity index (χ3v) is 4.65. The highest BCUT2D eigenvalue weighted by molar-refractivity contribution is 7.89. The minimum Gasteiger partial charge on any atom is -0.469 e. The Morgan fingerprint density at radius 1 is 1.52 bits per heavy atom. The number of esters is 1. The van der Waals surface area contributed by atoms with Gasteiger partial charge in [0.05, 0.1) is 38.6 Å². The highest BCUT2D eigenvalue weighted by Gasteiger charge is 2.32. The molecule has 0 aromatic carbocycles. The van der Waals surface area contributed by atoms with E-state index in [4.69, 9.17) is 4.74 Å². The molecule has 1 aromatic heterocycles. The van der Waals surface area contributed by atoms with Gasteiger partial charge in [0.2, 0.25) is 0 Å². The zero-order valence-corrected chi connectivity index (χ0v) is 13.6. The molecule has 2 N–H and O–H groups in total. The number of hydrogen-bond donors (Lipinski definition) is 2. The van der Waals surface area contributed by atoms with Crippen molar-refractivity contribution in [2.75, 3.05) is 13.7 Å². The Balaban J connectivity index is 2.10. The van der Waals surface area contributed by atoms with Crippen LogP contribution in [-0.4, -0.2) is 61.0 Å². The lowest BCUT2D eigenvalue weighted by molar-refractivity contribution is -0.144. The van der Waals surface area contributed by atoms with Gasteiger partial charge in [-0.2, -0.15) is 0 Å². The molecular formula is C13H19N3O6S. The van der Waals surface area contributed by atoms with Gasteiger partial charge in [-0.1, -0.05) is 12.2 Å². The Bertz CT molecular complexity index is 684. The van der Waals surface area contributed by atoms with E-state index in [1.54, 1.807) is 19.2 Å². The minimum atomic E-state index is -3.84. The van der Waals surface area contributed by atoms with Crippen molar-refractivity contribution in [3.63, 3.8) is 0 Å². The third kappa shape index (κ3) is 4.38.